The van der Waals surface area contributed by atoms with Crippen LogP contribution in [0.2, 0.25) is 0 Å². The van der Waals surface area contributed by atoms with Crippen molar-refractivity contribution in [2.24, 2.45) is 0 Å². The Morgan fingerprint density at radius 3 is 2.73 bits per heavy atom. The van der Waals surface area contributed by atoms with Crippen LogP contribution in [0.5, 0.6) is 0 Å². The average Bonchev–Trinajstić information content (AvgIpc) is 2.00. The topological polar surface area (TPSA) is 15.3 Å². The molecule has 0 heterocycles. The Morgan fingerprint density at radius 1 is 1.64 bits per heavy atom. The van der Waals surface area contributed by atoms with Crippen LogP contribution in [0.3, 0.4) is 0 Å². The molecule has 1 unspecified atom stereocenters. The van der Waals surface area contributed by atoms with E-state index in [2.05, 4.69) is 37.7 Å². The minimum atomic E-state index is 0.591. The number of hydrogen-bond acceptors (Lipinski definition) is 2. The smallest absolute Gasteiger partial charge is 0.0192 e. The second-order valence-electron chi connectivity index (χ2n) is 2.88. The fourth-order valence-electron chi connectivity index (χ4n) is 0.893. The third kappa shape index (κ3) is 4.99. The maximum atomic E-state index is 3.70. The maximum Gasteiger partial charge on any atom is 0.0192 e. The zero-order chi connectivity index (χ0) is 8.69. The molecule has 2 heteroatoms. The van der Waals surface area contributed by atoms with E-state index in [4.69, 9.17) is 0 Å². The summed E-state index contributed by atoms with van der Waals surface area (Å²) >= 11 is 0. The Kier molecular flexibility index (Phi) is 6.18. The van der Waals surface area contributed by atoms with Crippen molar-refractivity contribution >= 4 is 0 Å². The number of hydrogen-bond donors (Lipinski definition) is 1. The van der Waals surface area contributed by atoms with E-state index in [1.54, 1.807) is 0 Å². The van der Waals surface area contributed by atoms with Gasteiger partial charge in [-0.3, -0.25) is 4.90 Å². The fraction of sp³-hybridized carbons (Fsp3) is 0.778. The molecule has 0 aromatic rings. The monoisotopic (exact) mass is 156 g/mol. The van der Waals surface area contributed by atoms with Gasteiger partial charge in [-0.05, 0) is 20.5 Å². The third-order valence-corrected chi connectivity index (χ3v) is 1.86. The quantitative estimate of drug-likeness (QED) is 0.579. The highest BCUT2D eigenvalue weighted by Crippen LogP contribution is 1.92. The van der Waals surface area contributed by atoms with E-state index >= 15 is 0 Å². The van der Waals surface area contributed by atoms with E-state index in [9.17, 15) is 0 Å². The Morgan fingerprint density at radius 2 is 2.27 bits per heavy atom. The highest BCUT2D eigenvalue weighted by Gasteiger charge is 2.04. The van der Waals surface area contributed by atoms with Gasteiger partial charge >= 0.3 is 0 Å². The highest BCUT2D eigenvalue weighted by atomic mass is 15.1. The van der Waals surface area contributed by atoms with Crippen LogP contribution in [0.25, 0.3) is 0 Å². The van der Waals surface area contributed by atoms with Gasteiger partial charge in [0.05, 0.1) is 0 Å². The first-order chi connectivity index (χ1) is 5.22. The first kappa shape index (κ1) is 10.7. The summed E-state index contributed by atoms with van der Waals surface area (Å²) in [6, 6.07) is 0.591. The minimum Gasteiger partial charge on any atom is -0.315 e. The molecular formula is C9H20N2. The fourth-order valence-corrected chi connectivity index (χ4v) is 0.893. The van der Waals surface area contributed by atoms with Gasteiger partial charge in [-0.2, -0.15) is 0 Å². The normalized spacial score (nSPS) is 13.5. The summed E-state index contributed by atoms with van der Waals surface area (Å²) in [7, 11) is 2.11. The molecule has 0 amide bonds. The van der Waals surface area contributed by atoms with Crippen molar-refractivity contribution in [3.8, 4) is 0 Å². The van der Waals surface area contributed by atoms with Crippen molar-refractivity contribution in [3.05, 3.63) is 12.7 Å². The molecule has 11 heavy (non-hydrogen) atoms. The lowest BCUT2D eigenvalue weighted by Gasteiger charge is -2.23. The number of nitrogens with one attached hydrogen (secondary N) is 1. The zero-order valence-corrected chi connectivity index (χ0v) is 7.93. The van der Waals surface area contributed by atoms with Crippen LogP contribution >= 0.6 is 0 Å². The van der Waals surface area contributed by atoms with Crippen molar-refractivity contribution in [1.82, 2.24) is 10.2 Å². The largest absolute Gasteiger partial charge is 0.315 e. The van der Waals surface area contributed by atoms with Crippen molar-refractivity contribution in [3.63, 3.8) is 0 Å². The molecule has 1 N–H and O–H groups in total. The van der Waals surface area contributed by atoms with Gasteiger partial charge in [0.2, 0.25) is 0 Å². The van der Waals surface area contributed by atoms with Crippen molar-refractivity contribution in [1.29, 1.82) is 0 Å². The molecular weight excluding hydrogens is 136 g/mol. The van der Waals surface area contributed by atoms with E-state index in [0.717, 1.165) is 19.6 Å². The SMILES string of the molecule is C=CCN(C)C(C)CNCC. The van der Waals surface area contributed by atoms with Gasteiger partial charge in [0, 0.05) is 19.1 Å². The van der Waals surface area contributed by atoms with Crippen LogP contribution in [0.15, 0.2) is 12.7 Å². The van der Waals surface area contributed by atoms with Crippen LogP contribution in [0.1, 0.15) is 13.8 Å². The minimum absolute atomic E-state index is 0.591. The van der Waals surface area contributed by atoms with Crippen LogP contribution in [0.4, 0.5) is 0 Å². The Bertz CT molecular complexity index is 102. The summed E-state index contributed by atoms with van der Waals surface area (Å²) in [5, 5.41) is 3.31. The lowest BCUT2D eigenvalue weighted by atomic mass is 10.3. The molecule has 0 radical (unpaired) electrons. The molecule has 0 rings (SSSR count). The molecule has 0 aliphatic rings. The second kappa shape index (κ2) is 6.38. The van der Waals surface area contributed by atoms with E-state index in [-0.39, 0.29) is 0 Å². The maximum absolute atomic E-state index is 3.70. The second-order valence-corrected chi connectivity index (χ2v) is 2.88. The standard InChI is InChI=1S/C9H20N2/c1-5-7-11(4)9(3)8-10-6-2/h5,9-10H,1,6-8H2,2-4H3. The molecule has 0 fully saturated rings. The number of rotatable bonds is 6. The van der Waals surface area contributed by atoms with Gasteiger partial charge in [0.1, 0.15) is 0 Å². The first-order valence-electron chi connectivity index (χ1n) is 4.24. The summed E-state index contributed by atoms with van der Waals surface area (Å²) < 4.78 is 0. The van der Waals surface area contributed by atoms with Gasteiger partial charge < -0.3 is 5.32 Å². The van der Waals surface area contributed by atoms with Crippen LogP contribution < -0.4 is 5.32 Å². The van der Waals surface area contributed by atoms with Gasteiger partial charge in [-0.25, -0.2) is 0 Å². The predicted octanol–water partition coefficient (Wildman–Crippen LogP) is 1.10. The van der Waals surface area contributed by atoms with E-state index in [0.29, 0.717) is 6.04 Å². The van der Waals surface area contributed by atoms with Gasteiger partial charge in [-0.1, -0.05) is 13.0 Å². The summed E-state index contributed by atoms with van der Waals surface area (Å²) in [6.07, 6.45) is 1.93. The molecule has 2 nitrogen and oxygen atoms in total. The molecule has 0 aliphatic carbocycles. The Hall–Kier alpha value is -0.340. The Labute approximate surface area is 70.3 Å². The van der Waals surface area contributed by atoms with Crippen LogP contribution in [0, 0.1) is 0 Å². The first-order valence-corrected chi connectivity index (χ1v) is 4.24. The molecule has 1 atom stereocenters. The van der Waals surface area contributed by atoms with Crippen LogP contribution in [-0.2, 0) is 0 Å². The molecule has 66 valence electrons. The number of nitrogens with zero attached hydrogens (tertiary/aromatic N) is 1. The average molecular weight is 156 g/mol. The predicted molar refractivity (Wildman–Crippen MR) is 50.8 cm³/mol. The van der Waals surface area contributed by atoms with E-state index in [1.165, 1.54) is 0 Å². The molecule has 0 saturated heterocycles. The summed E-state index contributed by atoms with van der Waals surface area (Å²) in [5.74, 6) is 0. The molecule has 0 saturated carbocycles. The molecule has 0 aromatic heterocycles. The van der Waals surface area contributed by atoms with Crippen molar-refractivity contribution in [2.45, 2.75) is 19.9 Å². The summed E-state index contributed by atoms with van der Waals surface area (Å²) in [5.41, 5.74) is 0. The van der Waals surface area contributed by atoms with Gasteiger partial charge in [0.15, 0.2) is 0 Å². The van der Waals surface area contributed by atoms with E-state index in [1.807, 2.05) is 6.08 Å². The van der Waals surface area contributed by atoms with Crippen molar-refractivity contribution in [2.75, 3.05) is 26.7 Å². The lowest BCUT2D eigenvalue weighted by molar-refractivity contribution is 0.277. The van der Waals surface area contributed by atoms with Gasteiger partial charge in [-0.15, -0.1) is 6.58 Å². The van der Waals surface area contributed by atoms with Gasteiger partial charge in [0.25, 0.3) is 0 Å². The molecule has 0 bridgehead atoms. The Balaban J connectivity index is 3.45. The molecule has 0 spiro atoms. The molecule has 0 aliphatic heterocycles. The third-order valence-electron chi connectivity index (χ3n) is 1.86. The summed E-state index contributed by atoms with van der Waals surface area (Å²) in [4.78, 5) is 2.27. The molecule has 0 aromatic carbocycles. The van der Waals surface area contributed by atoms with Crippen LogP contribution in [-0.4, -0.2) is 37.6 Å². The summed E-state index contributed by atoms with van der Waals surface area (Å²) in [6.45, 7) is 11.1. The van der Waals surface area contributed by atoms with E-state index < -0.39 is 0 Å². The van der Waals surface area contributed by atoms with Crippen molar-refractivity contribution < 1.29 is 0 Å². The lowest BCUT2D eigenvalue weighted by Crippen LogP contribution is -2.37. The zero-order valence-electron chi connectivity index (χ0n) is 7.93. The number of likely N-dealkylation sites (N-methyl/N-ethyl adjacent to an activating group) is 2. The highest BCUT2D eigenvalue weighted by molar-refractivity contribution is 4.75.